The van der Waals surface area contributed by atoms with Crippen LogP contribution in [0.4, 0.5) is 4.39 Å². The minimum absolute atomic E-state index is 0.0387. The van der Waals surface area contributed by atoms with Crippen molar-refractivity contribution in [2.75, 3.05) is 32.7 Å². The number of para-hydroxylation sites is 1. The standard InChI is InChI=1S/C14H21FN2O/c1-12(6-9-17-10-7-16-8-11-17)18-14-5-3-2-4-13(14)15/h2-5,12,16H,6-11H2,1H3. The van der Waals surface area contributed by atoms with Crippen LogP contribution < -0.4 is 10.1 Å². The molecule has 1 heterocycles. The molecule has 100 valence electrons. The van der Waals surface area contributed by atoms with Crippen LogP contribution in [0.25, 0.3) is 0 Å². The van der Waals surface area contributed by atoms with E-state index >= 15 is 0 Å². The summed E-state index contributed by atoms with van der Waals surface area (Å²) in [5.41, 5.74) is 0. The average Bonchev–Trinajstić information content (AvgIpc) is 2.40. The van der Waals surface area contributed by atoms with E-state index in [0.717, 1.165) is 39.1 Å². The van der Waals surface area contributed by atoms with Crippen molar-refractivity contribution in [1.82, 2.24) is 10.2 Å². The van der Waals surface area contributed by atoms with Crippen molar-refractivity contribution in [2.45, 2.75) is 19.4 Å². The van der Waals surface area contributed by atoms with Gasteiger partial charge in [0.1, 0.15) is 0 Å². The summed E-state index contributed by atoms with van der Waals surface area (Å²) in [7, 11) is 0. The molecule has 0 saturated carbocycles. The molecule has 1 unspecified atom stereocenters. The van der Waals surface area contributed by atoms with Gasteiger partial charge in [-0.2, -0.15) is 0 Å². The van der Waals surface area contributed by atoms with Crippen molar-refractivity contribution < 1.29 is 9.13 Å². The normalized spacial score (nSPS) is 18.6. The third kappa shape index (κ3) is 3.96. The summed E-state index contributed by atoms with van der Waals surface area (Å²) in [5, 5.41) is 3.33. The summed E-state index contributed by atoms with van der Waals surface area (Å²) in [6.07, 6.45) is 0.964. The van der Waals surface area contributed by atoms with Crippen LogP contribution in [-0.4, -0.2) is 43.7 Å². The van der Waals surface area contributed by atoms with E-state index in [1.54, 1.807) is 18.2 Å². The first kappa shape index (κ1) is 13.3. The van der Waals surface area contributed by atoms with Gasteiger partial charge in [-0.05, 0) is 25.5 Å². The predicted octanol–water partition coefficient (Wildman–Crippen LogP) is 1.89. The summed E-state index contributed by atoms with van der Waals surface area (Å²) < 4.78 is 19.0. The quantitative estimate of drug-likeness (QED) is 0.866. The Morgan fingerprint density at radius 2 is 2.06 bits per heavy atom. The number of piperazine rings is 1. The number of hydrogen-bond donors (Lipinski definition) is 1. The van der Waals surface area contributed by atoms with Crippen LogP contribution in [0.15, 0.2) is 24.3 Å². The smallest absolute Gasteiger partial charge is 0.165 e. The lowest BCUT2D eigenvalue weighted by Crippen LogP contribution is -2.44. The topological polar surface area (TPSA) is 24.5 Å². The zero-order valence-electron chi connectivity index (χ0n) is 10.9. The number of rotatable bonds is 5. The van der Waals surface area contributed by atoms with Crippen LogP contribution in [0.3, 0.4) is 0 Å². The van der Waals surface area contributed by atoms with Crippen molar-refractivity contribution in [1.29, 1.82) is 0 Å². The van der Waals surface area contributed by atoms with Crippen molar-refractivity contribution in [2.24, 2.45) is 0 Å². The van der Waals surface area contributed by atoms with Gasteiger partial charge >= 0.3 is 0 Å². The monoisotopic (exact) mass is 252 g/mol. The van der Waals surface area contributed by atoms with E-state index in [9.17, 15) is 4.39 Å². The number of halogens is 1. The highest BCUT2D eigenvalue weighted by molar-refractivity contribution is 5.23. The number of nitrogens with zero attached hydrogens (tertiary/aromatic N) is 1. The Morgan fingerprint density at radius 1 is 1.33 bits per heavy atom. The Hall–Kier alpha value is -1.13. The predicted molar refractivity (Wildman–Crippen MR) is 70.4 cm³/mol. The number of hydrogen-bond acceptors (Lipinski definition) is 3. The van der Waals surface area contributed by atoms with Gasteiger partial charge in [-0.1, -0.05) is 12.1 Å². The van der Waals surface area contributed by atoms with Gasteiger partial charge in [0, 0.05) is 32.7 Å². The number of benzene rings is 1. The molecule has 1 atom stereocenters. The SMILES string of the molecule is CC(CCN1CCNCC1)Oc1ccccc1F. The van der Waals surface area contributed by atoms with Crippen LogP contribution in [0.2, 0.25) is 0 Å². The maximum absolute atomic E-state index is 13.4. The molecule has 1 aromatic carbocycles. The summed E-state index contributed by atoms with van der Waals surface area (Å²) >= 11 is 0. The lowest BCUT2D eigenvalue weighted by Gasteiger charge is -2.28. The van der Waals surface area contributed by atoms with E-state index < -0.39 is 0 Å². The molecular formula is C14H21FN2O. The molecule has 0 spiro atoms. The molecule has 1 N–H and O–H groups in total. The van der Waals surface area contributed by atoms with E-state index in [2.05, 4.69) is 10.2 Å². The number of nitrogens with one attached hydrogen (secondary N) is 1. The summed E-state index contributed by atoms with van der Waals surface area (Å²) in [5.74, 6) is 0.0665. The van der Waals surface area contributed by atoms with Gasteiger partial charge in [0.2, 0.25) is 0 Å². The Morgan fingerprint density at radius 3 is 2.78 bits per heavy atom. The van der Waals surface area contributed by atoms with E-state index in [1.165, 1.54) is 6.07 Å². The zero-order chi connectivity index (χ0) is 12.8. The zero-order valence-corrected chi connectivity index (χ0v) is 10.9. The molecular weight excluding hydrogens is 231 g/mol. The fourth-order valence-corrected chi connectivity index (χ4v) is 2.12. The van der Waals surface area contributed by atoms with Crippen molar-refractivity contribution in [3.8, 4) is 5.75 Å². The van der Waals surface area contributed by atoms with Crippen LogP contribution in [-0.2, 0) is 0 Å². The molecule has 1 aliphatic rings. The second kappa shape index (κ2) is 6.71. The molecule has 0 bridgehead atoms. The van der Waals surface area contributed by atoms with Crippen LogP contribution in [0.1, 0.15) is 13.3 Å². The first-order chi connectivity index (χ1) is 8.75. The number of ether oxygens (including phenoxy) is 1. The molecule has 2 rings (SSSR count). The van der Waals surface area contributed by atoms with E-state index in [4.69, 9.17) is 4.74 Å². The minimum Gasteiger partial charge on any atom is -0.488 e. The van der Waals surface area contributed by atoms with Gasteiger partial charge < -0.3 is 15.0 Å². The first-order valence-electron chi connectivity index (χ1n) is 6.60. The van der Waals surface area contributed by atoms with Crippen LogP contribution in [0, 0.1) is 5.82 Å². The third-order valence-electron chi connectivity index (χ3n) is 3.23. The Labute approximate surface area is 108 Å². The summed E-state index contributed by atoms with van der Waals surface area (Å²) in [6.45, 7) is 7.30. The van der Waals surface area contributed by atoms with Gasteiger partial charge in [0.05, 0.1) is 6.10 Å². The highest BCUT2D eigenvalue weighted by Crippen LogP contribution is 2.18. The molecule has 0 aromatic heterocycles. The van der Waals surface area contributed by atoms with Crippen molar-refractivity contribution in [3.05, 3.63) is 30.1 Å². The highest BCUT2D eigenvalue weighted by atomic mass is 19.1. The molecule has 1 aliphatic heterocycles. The molecule has 1 aromatic rings. The van der Waals surface area contributed by atoms with E-state index in [0.29, 0.717) is 5.75 Å². The lowest BCUT2D eigenvalue weighted by atomic mass is 10.2. The fraction of sp³-hybridized carbons (Fsp3) is 0.571. The molecule has 0 aliphatic carbocycles. The highest BCUT2D eigenvalue weighted by Gasteiger charge is 2.12. The van der Waals surface area contributed by atoms with Gasteiger partial charge in [-0.15, -0.1) is 0 Å². The maximum Gasteiger partial charge on any atom is 0.165 e. The first-order valence-corrected chi connectivity index (χ1v) is 6.60. The van der Waals surface area contributed by atoms with Gasteiger partial charge in [0.25, 0.3) is 0 Å². The molecule has 0 radical (unpaired) electrons. The fourth-order valence-electron chi connectivity index (χ4n) is 2.12. The molecule has 1 fully saturated rings. The summed E-state index contributed by atoms with van der Waals surface area (Å²) in [4.78, 5) is 2.41. The molecule has 0 amide bonds. The molecule has 4 heteroatoms. The molecule has 1 saturated heterocycles. The minimum atomic E-state index is -0.286. The van der Waals surface area contributed by atoms with Crippen LogP contribution >= 0.6 is 0 Å². The second-order valence-electron chi connectivity index (χ2n) is 4.74. The summed E-state index contributed by atoms with van der Waals surface area (Å²) in [6, 6.07) is 6.57. The van der Waals surface area contributed by atoms with Gasteiger partial charge in [-0.25, -0.2) is 4.39 Å². The average molecular weight is 252 g/mol. The van der Waals surface area contributed by atoms with Gasteiger partial charge in [0.15, 0.2) is 11.6 Å². The van der Waals surface area contributed by atoms with E-state index in [1.807, 2.05) is 6.92 Å². The molecule has 18 heavy (non-hydrogen) atoms. The van der Waals surface area contributed by atoms with Crippen molar-refractivity contribution in [3.63, 3.8) is 0 Å². The molecule has 3 nitrogen and oxygen atoms in total. The van der Waals surface area contributed by atoms with E-state index in [-0.39, 0.29) is 11.9 Å². The second-order valence-corrected chi connectivity index (χ2v) is 4.74. The lowest BCUT2D eigenvalue weighted by molar-refractivity contribution is 0.163. The Kier molecular flexibility index (Phi) is 4.96. The Balaban J connectivity index is 1.74. The van der Waals surface area contributed by atoms with Crippen molar-refractivity contribution >= 4 is 0 Å². The maximum atomic E-state index is 13.4. The largest absolute Gasteiger partial charge is 0.488 e. The third-order valence-corrected chi connectivity index (χ3v) is 3.23. The Bertz CT molecular complexity index is 367. The van der Waals surface area contributed by atoms with Crippen LogP contribution in [0.5, 0.6) is 5.75 Å². The van der Waals surface area contributed by atoms with Gasteiger partial charge in [-0.3, -0.25) is 0 Å².